The Morgan fingerprint density at radius 3 is 2.44 bits per heavy atom. The summed E-state index contributed by atoms with van der Waals surface area (Å²) in [6.07, 6.45) is 6.04. The Morgan fingerprint density at radius 1 is 1.03 bits per heavy atom. The monoisotopic (exact) mass is 567 g/mol. The Balaban J connectivity index is 1.43. The first-order valence-electron chi connectivity index (χ1n) is 12.6. The van der Waals surface area contributed by atoms with E-state index in [1.165, 1.54) is 54.5 Å². The number of carbonyl (C=O) groups is 3. The van der Waals surface area contributed by atoms with Gasteiger partial charge in [0, 0.05) is 33.2 Å². The van der Waals surface area contributed by atoms with E-state index in [1.54, 1.807) is 25.1 Å². The van der Waals surface area contributed by atoms with Crippen LogP contribution in [0.2, 0.25) is 0 Å². The molecule has 2 N–H and O–H groups in total. The average molecular weight is 568 g/mol. The van der Waals surface area contributed by atoms with Gasteiger partial charge in [-0.3, -0.25) is 19.7 Å². The molecule has 4 rings (SSSR count). The highest BCUT2D eigenvalue weighted by atomic mass is 32.2. The topological polar surface area (TPSA) is 128 Å². The van der Waals surface area contributed by atoms with Gasteiger partial charge in [-0.2, -0.15) is 0 Å². The summed E-state index contributed by atoms with van der Waals surface area (Å²) in [7, 11) is 1.35. The van der Waals surface area contributed by atoms with Gasteiger partial charge in [0.05, 0.1) is 22.8 Å². The normalized spacial score (nSPS) is 13.8. The molecule has 2 amide bonds. The molecule has 2 aromatic carbocycles. The third-order valence-electron chi connectivity index (χ3n) is 6.41. The first-order valence-corrected chi connectivity index (χ1v) is 14.3. The molecule has 0 saturated heterocycles. The number of hydrogen-bond acceptors (Lipinski definition) is 8. The summed E-state index contributed by atoms with van der Waals surface area (Å²) in [4.78, 5) is 50.6. The molecule has 11 heteroatoms. The van der Waals surface area contributed by atoms with Gasteiger partial charge in [0.25, 0.3) is 11.6 Å². The lowest BCUT2D eigenvalue weighted by Gasteiger charge is -2.13. The summed E-state index contributed by atoms with van der Waals surface area (Å²) >= 11 is 2.79. The van der Waals surface area contributed by atoms with E-state index in [1.807, 2.05) is 6.07 Å². The molecule has 39 heavy (non-hydrogen) atoms. The summed E-state index contributed by atoms with van der Waals surface area (Å²) in [6.45, 7) is 1.78. The van der Waals surface area contributed by atoms with E-state index < -0.39 is 22.0 Å². The molecule has 0 bridgehead atoms. The Bertz CT molecular complexity index is 1390. The predicted molar refractivity (Wildman–Crippen MR) is 153 cm³/mol. The molecular formula is C28H29N3O6S2. The molecule has 0 radical (unpaired) electrons. The third kappa shape index (κ3) is 7.04. The summed E-state index contributed by atoms with van der Waals surface area (Å²) in [5.41, 5.74) is 2.20. The molecule has 1 aromatic heterocycles. The number of rotatable bonds is 8. The van der Waals surface area contributed by atoms with Gasteiger partial charge in [0.1, 0.15) is 5.00 Å². The molecule has 0 aliphatic heterocycles. The first-order chi connectivity index (χ1) is 18.8. The number of methoxy groups -OCH3 is 1. The van der Waals surface area contributed by atoms with Gasteiger partial charge >= 0.3 is 5.97 Å². The number of nitro benzene ring substituents is 1. The number of nitrogens with one attached hydrogen (secondary N) is 2. The van der Waals surface area contributed by atoms with Crippen LogP contribution in [-0.2, 0) is 22.4 Å². The Morgan fingerprint density at radius 2 is 1.74 bits per heavy atom. The van der Waals surface area contributed by atoms with Crippen molar-refractivity contribution in [2.45, 2.75) is 55.6 Å². The van der Waals surface area contributed by atoms with Crippen LogP contribution in [-0.4, -0.2) is 35.1 Å². The van der Waals surface area contributed by atoms with E-state index in [0.29, 0.717) is 16.3 Å². The quantitative estimate of drug-likeness (QED) is 0.138. The van der Waals surface area contributed by atoms with Gasteiger partial charge in [-0.25, -0.2) is 4.79 Å². The zero-order chi connectivity index (χ0) is 27.9. The number of amides is 2. The number of benzene rings is 2. The Hall–Kier alpha value is -3.70. The third-order valence-corrected chi connectivity index (χ3v) is 8.71. The number of non-ortho nitro benzene ring substituents is 1. The van der Waals surface area contributed by atoms with E-state index in [4.69, 9.17) is 4.74 Å². The molecule has 1 aliphatic carbocycles. The zero-order valence-electron chi connectivity index (χ0n) is 21.7. The minimum atomic E-state index is -0.523. The highest BCUT2D eigenvalue weighted by Crippen LogP contribution is 2.38. The largest absolute Gasteiger partial charge is 0.465 e. The van der Waals surface area contributed by atoms with Crippen molar-refractivity contribution in [3.63, 3.8) is 0 Å². The number of hydrogen-bond donors (Lipinski definition) is 2. The van der Waals surface area contributed by atoms with E-state index >= 15 is 0 Å². The van der Waals surface area contributed by atoms with Crippen molar-refractivity contribution in [3.05, 3.63) is 80.2 Å². The predicted octanol–water partition coefficient (Wildman–Crippen LogP) is 6.47. The van der Waals surface area contributed by atoms with Crippen LogP contribution >= 0.6 is 23.1 Å². The fourth-order valence-electron chi connectivity index (χ4n) is 4.38. The van der Waals surface area contributed by atoms with E-state index in [2.05, 4.69) is 10.6 Å². The van der Waals surface area contributed by atoms with Gasteiger partial charge in [-0.15, -0.1) is 23.1 Å². The molecule has 0 spiro atoms. The Labute approximate surface area is 234 Å². The summed E-state index contributed by atoms with van der Waals surface area (Å²) in [5, 5.41) is 16.6. The lowest BCUT2D eigenvalue weighted by Crippen LogP contribution is -2.23. The van der Waals surface area contributed by atoms with E-state index in [0.717, 1.165) is 53.9 Å². The lowest BCUT2D eigenvalue weighted by molar-refractivity contribution is -0.384. The molecule has 1 atom stereocenters. The number of nitro groups is 1. The van der Waals surface area contributed by atoms with Crippen molar-refractivity contribution < 1.29 is 24.0 Å². The molecule has 1 heterocycles. The van der Waals surface area contributed by atoms with Gasteiger partial charge in [0.2, 0.25) is 5.91 Å². The summed E-state index contributed by atoms with van der Waals surface area (Å²) in [6, 6.07) is 12.4. The van der Waals surface area contributed by atoms with Crippen molar-refractivity contribution in [2.24, 2.45) is 0 Å². The number of thiophene rings is 1. The molecule has 0 fully saturated rings. The average Bonchev–Trinajstić information content (AvgIpc) is 3.23. The molecule has 3 aromatic rings. The van der Waals surface area contributed by atoms with Crippen LogP contribution in [0, 0.1) is 10.1 Å². The van der Waals surface area contributed by atoms with Crippen LogP contribution in [0.15, 0.2) is 53.4 Å². The van der Waals surface area contributed by atoms with Gasteiger partial charge in [-0.1, -0.05) is 18.9 Å². The molecular weight excluding hydrogens is 538 g/mol. The second-order valence-corrected chi connectivity index (χ2v) is 11.7. The second-order valence-electron chi connectivity index (χ2n) is 9.15. The van der Waals surface area contributed by atoms with Crippen molar-refractivity contribution >= 4 is 57.3 Å². The standard InChI is InChI=1S/C28H29N3O6S2/c1-17(25(32)30-27-24(28(34)37-2)22-10-5-3-4-6-11-23(22)39-27)38-21-9-7-8-19(16-21)29-26(33)18-12-14-20(15-13-18)31(35)36/h7-9,12-17H,3-6,10-11H2,1-2H3,(H,29,33)(H,30,32). The molecule has 204 valence electrons. The number of fused-ring (bicyclic) bond motifs is 1. The minimum absolute atomic E-state index is 0.0929. The molecule has 0 saturated carbocycles. The smallest absolute Gasteiger partial charge is 0.341 e. The minimum Gasteiger partial charge on any atom is -0.465 e. The van der Waals surface area contributed by atoms with Crippen LogP contribution in [0.1, 0.15) is 63.8 Å². The Kier molecular flexibility index (Phi) is 9.36. The second kappa shape index (κ2) is 12.9. The van der Waals surface area contributed by atoms with Gasteiger partial charge < -0.3 is 15.4 Å². The van der Waals surface area contributed by atoms with E-state index in [-0.39, 0.29) is 17.2 Å². The molecule has 9 nitrogen and oxygen atoms in total. The maximum absolute atomic E-state index is 13.2. The highest BCUT2D eigenvalue weighted by Gasteiger charge is 2.27. The van der Waals surface area contributed by atoms with Crippen LogP contribution < -0.4 is 10.6 Å². The molecule has 1 unspecified atom stereocenters. The number of esters is 1. The van der Waals surface area contributed by atoms with Crippen molar-refractivity contribution in [2.75, 3.05) is 17.7 Å². The van der Waals surface area contributed by atoms with Crippen molar-refractivity contribution in [3.8, 4) is 0 Å². The number of carbonyl (C=O) groups excluding carboxylic acids is 3. The van der Waals surface area contributed by atoms with Crippen molar-refractivity contribution in [1.82, 2.24) is 0 Å². The summed E-state index contributed by atoms with van der Waals surface area (Å²) in [5.74, 6) is -1.07. The maximum atomic E-state index is 13.2. The van der Waals surface area contributed by atoms with Gasteiger partial charge in [0.15, 0.2) is 0 Å². The van der Waals surface area contributed by atoms with Crippen LogP contribution in [0.4, 0.5) is 16.4 Å². The van der Waals surface area contributed by atoms with Crippen LogP contribution in [0.3, 0.4) is 0 Å². The number of nitrogens with zero attached hydrogens (tertiary/aromatic N) is 1. The number of ether oxygens (including phenoxy) is 1. The lowest BCUT2D eigenvalue weighted by atomic mass is 9.96. The fraction of sp³-hybridized carbons (Fsp3) is 0.321. The highest BCUT2D eigenvalue weighted by molar-refractivity contribution is 8.00. The molecule has 1 aliphatic rings. The summed E-state index contributed by atoms with van der Waals surface area (Å²) < 4.78 is 5.05. The number of aryl methyl sites for hydroxylation is 1. The van der Waals surface area contributed by atoms with Crippen molar-refractivity contribution in [1.29, 1.82) is 0 Å². The number of thioether (sulfide) groups is 1. The number of anilines is 2. The maximum Gasteiger partial charge on any atom is 0.341 e. The van der Waals surface area contributed by atoms with Gasteiger partial charge in [-0.05, 0) is 68.5 Å². The van der Waals surface area contributed by atoms with Crippen LogP contribution in [0.5, 0.6) is 0 Å². The SMILES string of the molecule is COC(=O)c1c(NC(=O)C(C)Sc2cccc(NC(=O)c3ccc([N+](=O)[O-])cc3)c2)sc2c1CCCCCC2. The van der Waals surface area contributed by atoms with Crippen LogP contribution in [0.25, 0.3) is 0 Å². The van der Waals surface area contributed by atoms with E-state index in [9.17, 15) is 24.5 Å². The first kappa shape index (κ1) is 28.3. The zero-order valence-corrected chi connectivity index (χ0v) is 23.3. The fourth-order valence-corrected chi connectivity index (χ4v) is 6.59.